The highest BCUT2D eigenvalue weighted by atomic mass is 16.2. The predicted molar refractivity (Wildman–Crippen MR) is 93.3 cm³/mol. The van der Waals surface area contributed by atoms with E-state index in [2.05, 4.69) is 16.0 Å². The first-order valence-electron chi connectivity index (χ1n) is 7.99. The number of rotatable bonds is 3. The smallest absolute Gasteiger partial charge is 0.321 e. The molecule has 3 N–H and O–H groups in total. The third kappa shape index (κ3) is 3.40. The van der Waals surface area contributed by atoms with E-state index in [1.54, 1.807) is 24.3 Å². The van der Waals surface area contributed by atoms with E-state index in [1.165, 1.54) is 0 Å². The molecule has 0 saturated carbocycles. The lowest BCUT2D eigenvalue weighted by Gasteiger charge is -2.23. The molecule has 0 spiro atoms. The minimum atomic E-state index is -0.492. The number of imide groups is 1. The number of nitrogens with zero attached hydrogens (tertiary/aromatic N) is 1. The topological polar surface area (TPSA) is 92.2 Å². The molecule has 1 aromatic carbocycles. The van der Waals surface area contributed by atoms with Gasteiger partial charge in [-0.05, 0) is 37.6 Å². The SMILES string of the molecule is Cc1cc(C(=O)Nc2ccc(C3CC(=O)NC(=O)N3)cc2)c(C)n1C. The van der Waals surface area contributed by atoms with E-state index in [0.29, 0.717) is 11.3 Å². The van der Waals surface area contributed by atoms with Gasteiger partial charge < -0.3 is 15.2 Å². The summed E-state index contributed by atoms with van der Waals surface area (Å²) in [6.07, 6.45) is 0.194. The Balaban J connectivity index is 1.72. The standard InChI is InChI=1S/C18H20N4O3/c1-10-8-14(11(2)22(10)3)17(24)19-13-6-4-12(5-7-13)15-9-16(23)21-18(25)20-15/h4-8,15H,9H2,1-3H3,(H,19,24)(H2,20,21,23,25). The number of benzene rings is 1. The number of anilines is 1. The maximum atomic E-state index is 12.4. The van der Waals surface area contributed by atoms with Gasteiger partial charge in [0.2, 0.25) is 5.91 Å². The van der Waals surface area contributed by atoms with Gasteiger partial charge in [-0.15, -0.1) is 0 Å². The first-order chi connectivity index (χ1) is 11.8. The molecule has 1 fully saturated rings. The van der Waals surface area contributed by atoms with E-state index >= 15 is 0 Å². The number of carbonyl (C=O) groups excluding carboxylic acids is 3. The molecule has 1 saturated heterocycles. The lowest BCUT2D eigenvalue weighted by Crippen LogP contribution is -2.48. The highest BCUT2D eigenvalue weighted by Crippen LogP contribution is 2.22. The molecule has 130 valence electrons. The fraction of sp³-hybridized carbons (Fsp3) is 0.278. The van der Waals surface area contributed by atoms with E-state index in [-0.39, 0.29) is 24.3 Å². The van der Waals surface area contributed by atoms with Crippen LogP contribution < -0.4 is 16.0 Å². The number of urea groups is 1. The van der Waals surface area contributed by atoms with Crippen LogP contribution in [0.4, 0.5) is 10.5 Å². The highest BCUT2D eigenvalue weighted by Gasteiger charge is 2.25. The summed E-state index contributed by atoms with van der Waals surface area (Å²) in [6.45, 7) is 3.86. The summed E-state index contributed by atoms with van der Waals surface area (Å²) in [7, 11) is 1.92. The van der Waals surface area contributed by atoms with E-state index < -0.39 is 6.03 Å². The molecule has 7 nitrogen and oxygen atoms in total. The van der Waals surface area contributed by atoms with Crippen molar-refractivity contribution < 1.29 is 14.4 Å². The molecule has 1 unspecified atom stereocenters. The monoisotopic (exact) mass is 340 g/mol. The molecule has 4 amide bonds. The molecule has 0 bridgehead atoms. The number of hydrogen-bond acceptors (Lipinski definition) is 3. The van der Waals surface area contributed by atoms with Crippen molar-refractivity contribution in [3.05, 3.63) is 52.8 Å². The highest BCUT2D eigenvalue weighted by molar-refractivity contribution is 6.05. The zero-order chi connectivity index (χ0) is 18.1. The minimum absolute atomic E-state index is 0.167. The van der Waals surface area contributed by atoms with Gasteiger partial charge in [0.15, 0.2) is 0 Å². The van der Waals surface area contributed by atoms with Crippen LogP contribution in [0.5, 0.6) is 0 Å². The van der Waals surface area contributed by atoms with Gasteiger partial charge in [-0.3, -0.25) is 14.9 Å². The second kappa shape index (κ2) is 6.43. The van der Waals surface area contributed by atoms with Crippen LogP contribution in [0, 0.1) is 13.8 Å². The van der Waals surface area contributed by atoms with Crippen LogP contribution in [0.2, 0.25) is 0 Å². The molecule has 1 aliphatic heterocycles. The Labute approximate surface area is 145 Å². The van der Waals surface area contributed by atoms with Crippen molar-refractivity contribution >= 4 is 23.5 Å². The van der Waals surface area contributed by atoms with Crippen LogP contribution >= 0.6 is 0 Å². The van der Waals surface area contributed by atoms with Crippen LogP contribution in [-0.2, 0) is 11.8 Å². The Morgan fingerprint density at radius 2 is 1.88 bits per heavy atom. The molecule has 1 atom stereocenters. The molecular weight excluding hydrogens is 320 g/mol. The van der Waals surface area contributed by atoms with Gasteiger partial charge in [0.1, 0.15) is 0 Å². The Morgan fingerprint density at radius 1 is 1.20 bits per heavy atom. The lowest BCUT2D eigenvalue weighted by molar-refractivity contribution is -0.121. The van der Waals surface area contributed by atoms with Crippen molar-refractivity contribution in [2.45, 2.75) is 26.3 Å². The molecular formula is C18H20N4O3. The van der Waals surface area contributed by atoms with E-state index in [9.17, 15) is 14.4 Å². The van der Waals surface area contributed by atoms with Gasteiger partial charge in [0, 0.05) is 24.1 Å². The zero-order valence-electron chi connectivity index (χ0n) is 14.3. The molecule has 1 aliphatic rings. The number of nitrogens with one attached hydrogen (secondary N) is 3. The minimum Gasteiger partial charge on any atom is -0.351 e. The van der Waals surface area contributed by atoms with Gasteiger partial charge in [-0.1, -0.05) is 12.1 Å². The van der Waals surface area contributed by atoms with Crippen LogP contribution in [0.3, 0.4) is 0 Å². The maximum Gasteiger partial charge on any atom is 0.321 e. The van der Waals surface area contributed by atoms with Gasteiger partial charge in [0.05, 0.1) is 18.0 Å². The predicted octanol–water partition coefficient (Wildman–Crippen LogP) is 2.16. The first kappa shape index (κ1) is 16.8. The number of aryl methyl sites for hydroxylation is 1. The number of carbonyl (C=O) groups is 3. The van der Waals surface area contributed by atoms with E-state index in [4.69, 9.17) is 0 Å². The van der Waals surface area contributed by atoms with Crippen molar-refractivity contribution in [3.63, 3.8) is 0 Å². The van der Waals surface area contributed by atoms with E-state index in [0.717, 1.165) is 17.0 Å². The summed E-state index contributed by atoms with van der Waals surface area (Å²) in [4.78, 5) is 35.3. The zero-order valence-corrected chi connectivity index (χ0v) is 14.3. The third-order valence-corrected chi connectivity index (χ3v) is 4.54. The summed E-state index contributed by atoms with van der Waals surface area (Å²) < 4.78 is 1.97. The Hall–Kier alpha value is -3.09. The quantitative estimate of drug-likeness (QED) is 0.799. The van der Waals surface area contributed by atoms with Crippen LogP contribution in [-0.4, -0.2) is 22.4 Å². The molecule has 0 aliphatic carbocycles. The molecule has 25 heavy (non-hydrogen) atoms. The van der Waals surface area contributed by atoms with Crippen molar-refractivity contribution in [2.75, 3.05) is 5.32 Å². The van der Waals surface area contributed by atoms with Gasteiger partial charge >= 0.3 is 6.03 Å². The second-order valence-electron chi connectivity index (χ2n) is 6.20. The van der Waals surface area contributed by atoms with Gasteiger partial charge in [-0.25, -0.2) is 4.79 Å². The van der Waals surface area contributed by atoms with Crippen molar-refractivity contribution in [1.29, 1.82) is 0 Å². The van der Waals surface area contributed by atoms with Crippen molar-refractivity contribution in [2.24, 2.45) is 7.05 Å². The third-order valence-electron chi connectivity index (χ3n) is 4.54. The molecule has 3 rings (SSSR count). The summed E-state index contributed by atoms with van der Waals surface area (Å²) in [5, 5.41) is 7.77. The van der Waals surface area contributed by atoms with Crippen LogP contribution in [0.15, 0.2) is 30.3 Å². The molecule has 2 heterocycles. The van der Waals surface area contributed by atoms with Crippen molar-refractivity contribution in [3.8, 4) is 0 Å². The van der Waals surface area contributed by atoms with Crippen LogP contribution in [0.1, 0.15) is 39.8 Å². The summed E-state index contributed by atoms with van der Waals surface area (Å²) >= 11 is 0. The lowest BCUT2D eigenvalue weighted by atomic mass is 10.0. The largest absolute Gasteiger partial charge is 0.351 e. The molecule has 2 aromatic rings. The van der Waals surface area contributed by atoms with Crippen molar-refractivity contribution in [1.82, 2.24) is 15.2 Å². The average molecular weight is 340 g/mol. The summed E-state index contributed by atoms with van der Waals surface area (Å²) in [6, 6.07) is 8.12. The average Bonchev–Trinajstić information content (AvgIpc) is 2.82. The number of aromatic nitrogens is 1. The summed E-state index contributed by atoms with van der Waals surface area (Å²) in [5.41, 5.74) is 4.03. The fourth-order valence-electron chi connectivity index (χ4n) is 2.89. The first-order valence-corrected chi connectivity index (χ1v) is 7.99. The summed E-state index contributed by atoms with van der Waals surface area (Å²) in [5.74, 6) is -0.472. The number of amides is 4. The molecule has 0 radical (unpaired) electrons. The Bertz CT molecular complexity index is 836. The second-order valence-corrected chi connectivity index (χ2v) is 6.20. The molecule has 1 aromatic heterocycles. The van der Waals surface area contributed by atoms with Crippen LogP contribution in [0.25, 0.3) is 0 Å². The number of hydrogen-bond donors (Lipinski definition) is 3. The Morgan fingerprint density at radius 3 is 2.44 bits per heavy atom. The Kier molecular flexibility index (Phi) is 4.31. The fourth-order valence-corrected chi connectivity index (χ4v) is 2.89. The van der Waals surface area contributed by atoms with Gasteiger partial charge in [-0.2, -0.15) is 0 Å². The van der Waals surface area contributed by atoms with E-state index in [1.807, 2.05) is 31.5 Å². The maximum absolute atomic E-state index is 12.4. The van der Waals surface area contributed by atoms with Gasteiger partial charge in [0.25, 0.3) is 5.91 Å². The molecule has 7 heteroatoms. The normalized spacial score (nSPS) is 17.0.